The molecular weight excluding hydrogens is 221 g/mol. The average Bonchev–Trinajstić information content (AvgIpc) is 2.28. The first-order valence-corrected chi connectivity index (χ1v) is 4.96. The fourth-order valence-electron chi connectivity index (χ4n) is 1.61. The van der Waals surface area contributed by atoms with E-state index in [0.29, 0.717) is 16.8 Å². The van der Waals surface area contributed by atoms with E-state index in [1.165, 1.54) is 24.3 Å². The van der Waals surface area contributed by atoms with E-state index in [9.17, 15) is 9.18 Å². The summed E-state index contributed by atoms with van der Waals surface area (Å²) in [5.41, 5.74) is 7.22. The molecule has 17 heavy (non-hydrogen) atoms. The van der Waals surface area contributed by atoms with Crippen LogP contribution in [-0.4, -0.2) is 11.1 Å². The highest BCUT2D eigenvalue weighted by Crippen LogP contribution is 2.24. The molecule has 3 nitrogen and oxygen atoms in total. The standard InChI is InChI=1S/C13H10FNO2/c14-11-3-1-2-8(5-11)9-4-10(13(16)17)7-12(15)6-9/h1-7H,15H2,(H,16,17). The summed E-state index contributed by atoms with van der Waals surface area (Å²) in [6.07, 6.45) is 0. The first kappa shape index (κ1) is 11.1. The Morgan fingerprint density at radius 1 is 1.12 bits per heavy atom. The maximum Gasteiger partial charge on any atom is 0.335 e. The van der Waals surface area contributed by atoms with Crippen molar-refractivity contribution < 1.29 is 14.3 Å². The van der Waals surface area contributed by atoms with Crippen LogP contribution in [0.3, 0.4) is 0 Å². The van der Waals surface area contributed by atoms with Crippen LogP contribution in [0.4, 0.5) is 10.1 Å². The summed E-state index contributed by atoms with van der Waals surface area (Å²) in [6, 6.07) is 10.4. The maximum atomic E-state index is 13.1. The van der Waals surface area contributed by atoms with Crippen molar-refractivity contribution >= 4 is 11.7 Å². The van der Waals surface area contributed by atoms with E-state index < -0.39 is 5.97 Å². The van der Waals surface area contributed by atoms with Gasteiger partial charge in [0.2, 0.25) is 0 Å². The van der Waals surface area contributed by atoms with Crippen LogP contribution in [0.5, 0.6) is 0 Å². The van der Waals surface area contributed by atoms with Gasteiger partial charge in [-0.15, -0.1) is 0 Å². The van der Waals surface area contributed by atoms with Gasteiger partial charge < -0.3 is 10.8 Å². The molecule has 0 radical (unpaired) electrons. The van der Waals surface area contributed by atoms with Gasteiger partial charge in [0.05, 0.1) is 5.56 Å². The predicted molar refractivity (Wildman–Crippen MR) is 63.2 cm³/mol. The normalized spacial score (nSPS) is 10.2. The maximum absolute atomic E-state index is 13.1. The molecule has 0 aliphatic heterocycles. The Bertz CT molecular complexity index is 581. The van der Waals surface area contributed by atoms with Gasteiger partial charge in [-0.05, 0) is 41.5 Å². The van der Waals surface area contributed by atoms with Gasteiger partial charge in [0.1, 0.15) is 5.82 Å². The number of aromatic carboxylic acids is 1. The summed E-state index contributed by atoms with van der Waals surface area (Å²) in [6.45, 7) is 0. The van der Waals surface area contributed by atoms with Crippen LogP contribution in [0, 0.1) is 5.82 Å². The van der Waals surface area contributed by atoms with Crippen molar-refractivity contribution in [3.05, 3.63) is 53.8 Å². The van der Waals surface area contributed by atoms with Crippen molar-refractivity contribution in [2.45, 2.75) is 0 Å². The Kier molecular flexibility index (Phi) is 2.78. The zero-order valence-corrected chi connectivity index (χ0v) is 8.85. The molecular formula is C13H10FNO2. The molecule has 0 spiro atoms. The summed E-state index contributed by atoms with van der Waals surface area (Å²) < 4.78 is 13.1. The van der Waals surface area contributed by atoms with Crippen LogP contribution in [0.2, 0.25) is 0 Å². The lowest BCUT2D eigenvalue weighted by atomic mass is 10.0. The SMILES string of the molecule is Nc1cc(C(=O)O)cc(-c2cccc(F)c2)c1. The molecule has 0 aromatic heterocycles. The largest absolute Gasteiger partial charge is 0.478 e. The molecule has 0 aliphatic carbocycles. The van der Waals surface area contributed by atoms with Gasteiger partial charge in [-0.3, -0.25) is 0 Å². The van der Waals surface area contributed by atoms with Gasteiger partial charge in [0, 0.05) is 5.69 Å². The molecule has 0 heterocycles. The molecule has 0 unspecified atom stereocenters. The molecule has 0 saturated heterocycles. The van der Waals surface area contributed by atoms with Gasteiger partial charge in [-0.2, -0.15) is 0 Å². The Labute approximate surface area is 97.3 Å². The quantitative estimate of drug-likeness (QED) is 0.781. The van der Waals surface area contributed by atoms with E-state index in [1.54, 1.807) is 18.2 Å². The van der Waals surface area contributed by atoms with Crippen molar-refractivity contribution in [3.63, 3.8) is 0 Å². The van der Waals surface area contributed by atoms with Gasteiger partial charge >= 0.3 is 5.97 Å². The summed E-state index contributed by atoms with van der Waals surface area (Å²) in [5.74, 6) is -1.43. The van der Waals surface area contributed by atoms with Crippen LogP contribution in [0.1, 0.15) is 10.4 Å². The third kappa shape index (κ3) is 2.42. The average molecular weight is 231 g/mol. The molecule has 0 aliphatic rings. The Balaban J connectivity index is 2.56. The lowest BCUT2D eigenvalue weighted by Gasteiger charge is -2.05. The van der Waals surface area contributed by atoms with Gasteiger partial charge in [-0.1, -0.05) is 12.1 Å². The second-order valence-corrected chi connectivity index (χ2v) is 3.66. The van der Waals surface area contributed by atoms with Gasteiger partial charge in [0.25, 0.3) is 0 Å². The molecule has 0 fully saturated rings. The molecule has 0 saturated carbocycles. The molecule has 4 heteroatoms. The summed E-state index contributed by atoms with van der Waals surface area (Å²) in [4.78, 5) is 10.9. The fraction of sp³-hybridized carbons (Fsp3) is 0. The third-order valence-electron chi connectivity index (χ3n) is 2.36. The van der Waals surface area contributed by atoms with Crippen molar-refractivity contribution in [3.8, 4) is 11.1 Å². The van der Waals surface area contributed by atoms with E-state index in [1.807, 2.05) is 0 Å². The first-order valence-electron chi connectivity index (χ1n) is 4.96. The summed E-state index contributed by atoms with van der Waals surface area (Å²) in [5, 5.41) is 8.91. The monoisotopic (exact) mass is 231 g/mol. The van der Waals surface area contributed by atoms with Crippen molar-refractivity contribution in [2.75, 3.05) is 5.73 Å². The van der Waals surface area contributed by atoms with Crippen LogP contribution in [-0.2, 0) is 0 Å². The number of nitrogen functional groups attached to an aromatic ring is 1. The molecule has 2 aromatic carbocycles. The first-order chi connectivity index (χ1) is 8.06. The minimum atomic E-state index is -1.06. The lowest BCUT2D eigenvalue weighted by molar-refractivity contribution is 0.0697. The molecule has 0 atom stereocenters. The number of halogens is 1. The highest BCUT2D eigenvalue weighted by molar-refractivity contribution is 5.91. The van der Waals surface area contributed by atoms with Crippen LogP contribution in [0.15, 0.2) is 42.5 Å². The van der Waals surface area contributed by atoms with E-state index in [0.717, 1.165) is 0 Å². The minimum Gasteiger partial charge on any atom is -0.478 e. The Hall–Kier alpha value is -2.36. The number of carbonyl (C=O) groups is 1. The Morgan fingerprint density at radius 3 is 2.53 bits per heavy atom. The molecule has 3 N–H and O–H groups in total. The van der Waals surface area contributed by atoms with E-state index >= 15 is 0 Å². The number of benzene rings is 2. The minimum absolute atomic E-state index is 0.0873. The predicted octanol–water partition coefficient (Wildman–Crippen LogP) is 2.77. The number of nitrogens with two attached hydrogens (primary N) is 1. The molecule has 0 amide bonds. The summed E-state index contributed by atoms with van der Waals surface area (Å²) in [7, 11) is 0. The van der Waals surface area contributed by atoms with Gasteiger partial charge in [-0.25, -0.2) is 9.18 Å². The lowest BCUT2D eigenvalue weighted by Crippen LogP contribution is -1.98. The highest BCUT2D eigenvalue weighted by atomic mass is 19.1. The van der Waals surface area contributed by atoms with E-state index in [2.05, 4.69) is 0 Å². The summed E-state index contributed by atoms with van der Waals surface area (Å²) >= 11 is 0. The van der Waals surface area contributed by atoms with Crippen molar-refractivity contribution in [1.82, 2.24) is 0 Å². The highest BCUT2D eigenvalue weighted by Gasteiger charge is 2.07. The van der Waals surface area contributed by atoms with Crippen molar-refractivity contribution in [1.29, 1.82) is 0 Å². The topological polar surface area (TPSA) is 63.3 Å². The molecule has 2 rings (SSSR count). The molecule has 86 valence electrons. The number of carboxylic acids is 1. The smallest absolute Gasteiger partial charge is 0.335 e. The van der Waals surface area contributed by atoms with E-state index in [4.69, 9.17) is 10.8 Å². The zero-order chi connectivity index (χ0) is 12.4. The fourth-order valence-corrected chi connectivity index (χ4v) is 1.61. The second-order valence-electron chi connectivity index (χ2n) is 3.66. The van der Waals surface area contributed by atoms with Crippen LogP contribution >= 0.6 is 0 Å². The molecule has 0 bridgehead atoms. The van der Waals surface area contributed by atoms with Crippen LogP contribution in [0.25, 0.3) is 11.1 Å². The third-order valence-corrected chi connectivity index (χ3v) is 2.36. The Morgan fingerprint density at radius 2 is 1.88 bits per heavy atom. The number of anilines is 1. The number of hydrogen-bond donors (Lipinski definition) is 2. The molecule has 2 aromatic rings. The second kappa shape index (κ2) is 4.25. The number of carboxylic acid groups (broad SMARTS) is 1. The van der Waals surface area contributed by atoms with Crippen molar-refractivity contribution in [2.24, 2.45) is 0 Å². The van der Waals surface area contributed by atoms with Gasteiger partial charge in [0.15, 0.2) is 0 Å². The van der Waals surface area contributed by atoms with E-state index in [-0.39, 0.29) is 11.4 Å². The van der Waals surface area contributed by atoms with Crippen LogP contribution < -0.4 is 5.73 Å². The number of hydrogen-bond acceptors (Lipinski definition) is 2. The number of rotatable bonds is 2. The zero-order valence-electron chi connectivity index (χ0n) is 8.85.